The third-order valence-corrected chi connectivity index (χ3v) is 7.10. The minimum absolute atomic E-state index is 0.327. The quantitative estimate of drug-likeness (QED) is 0.341. The number of likely N-dealkylation sites (tertiary alicyclic amines) is 1. The Balaban J connectivity index is 1.28. The Bertz CT molecular complexity index is 1090. The SMILES string of the molecule is COc1cc(CN2CCC(COc3ccc(Cl)c(Cl)c3)(OC)CC2)ccc1OCCn1cccn1. The van der Waals surface area contributed by atoms with Gasteiger partial charge in [0, 0.05) is 45.2 Å². The summed E-state index contributed by atoms with van der Waals surface area (Å²) in [6, 6.07) is 13.3. The molecule has 0 spiro atoms. The van der Waals surface area contributed by atoms with E-state index in [-0.39, 0.29) is 5.60 Å². The number of aromatic nitrogens is 2. The largest absolute Gasteiger partial charge is 0.493 e. The van der Waals surface area contributed by atoms with Crippen molar-refractivity contribution in [2.45, 2.75) is 31.5 Å². The molecule has 0 aliphatic carbocycles. The van der Waals surface area contributed by atoms with Gasteiger partial charge in [0.05, 0.1) is 23.7 Å². The molecule has 0 atom stereocenters. The first-order chi connectivity index (χ1) is 17.0. The van der Waals surface area contributed by atoms with Gasteiger partial charge in [-0.1, -0.05) is 29.3 Å². The van der Waals surface area contributed by atoms with Crippen LogP contribution in [0.2, 0.25) is 10.0 Å². The molecule has 1 aromatic heterocycles. The number of benzene rings is 2. The summed E-state index contributed by atoms with van der Waals surface area (Å²) in [4.78, 5) is 2.42. The highest BCUT2D eigenvalue weighted by molar-refractivity contribution is 6.42. The van der Waals surface area contributed by atoms with Crippen molar-refractivity contribution in [3.05, 3.63) is 70.5 Å². The van der Waals surface area contributed by atoms with Gasteiger partial charge in [-0.05, 0) is 48.7 Å². The van der Waals surface area contributed by atoms with Gasteiger partial charge in [0.25, 0.3) is 0 Å². The lowest BCUT2D eigenvalue weighted by Crippen LogP contribution is -2.48. The van der Waals surface area contributed by atoms with E-state index in [1.807, 2.05) is 29.1 Å². The van der Waals surface area contributed by atoms with Gasteiger partial charge in [0.15, 0.2) is 11.5 Å². The van der Waals surface area contributed by atoms with Crippen molar-refractivity contribution < 1.29 is 18.9 Å². The van der Waals surface area contributed by atoms with Crippen LogP contribution in [0.5, 0.6) is 17.2 Å². The summed E-state index contributed by atoms with van der Waals surface area (Å²) < 4.78 is 25.3. The topological polar surface area (TPSA) is 58.0 Å². The van der Waals surface area contributed by atoms with E-state index >= 15 is 0 Å². The maximum atomic E-state index is 6.11. The third kappa shape index (κ3) is 6.82. The number of hydrogen-bond donors (Lipinski definition) is 0. The Kier molecular flexibility index (Phi) is 8.78. The van der Waals surface area contributed by atoms with Gasteiger partial charge in [-0.3, -0.25) is 9.58 Å². The lowest BCUT2D eigenvalue weighted by molar-refractivity contribution is -0.0839. The maximum absolute atomic E-state index is 6.11. The van der Waals surface area contributed by atoms with Gasteiger partial charge in [-0.15, -0.1) is 0 Å². The molecular weight excluding hydrogens is 489 g/mol. The molecule has 2 heterocycles. The number of hydrogen-bond acceptors (Lipinski definition) is 6. The van der Waals surface area contributed by atoms with Gasteiger partial charge >= 0.3 is 0 Å². The van der Waals surface area contributed by atoms with E-state index in [1.165, 1.54) is 5.56 Å². The van der Waals surface area contributed by atoms with Crippen LogP contribution in [0.15, 0.2) is 54.9 Å². The summed E-state index contributed by atoms with van der Waals surface area (Å²) in [5.74, 6) is 2.17. The van der Waals surface area contributed by atoms with E-state index in [0.29, 0.717) is 35.6 Å². The summed E-state index contributed by atoms with van der Waals surface area (Å²) >= 11 is 12.1. The normalized spacial score (nSPS) is 15.7. The second-order valence-corrected chi connectivity index (χ2v) is 9.45. The number of halogens is 2. The first-order valence-corrected chi connectivity index (χ1v) is 12.4. The molecule has 4 rings (SSSR count). The zero-order valence-electron chi connectivity index (χ0n) is 20.1. The Hall–Kier alpha value is -2.45. The standard InChI is InChI=1S/C26H31Cl2N3O4/c1-32-25-16-20(4-7-24(25)34-15-14-31-11-3-10-29-31)18-30-12-8-26(33-2,9-13-30)19-35-21-5-6-22(27)23(28)17-21/h3-7,10-11,16-17H,8-9,12-15,18-19H2,1-2H3. The minimum atomic E-state index is -0.327. The average Bonchev–Trinajstić information content (AvgIpc) is 3.40. The van der Waals surface area contributed by atoms with Gasteiger partial charge in [0.1, 0.15) is 24.6 Å². The van der Waals surface area contributed by atoms with E-state index in [9.17, 15) is 0 Å². The molecule has 1 saturated heterocycles. The molecule has 0 radical (unpaired) electrons. The molecule has 0 bridgehead atoms. The molecule has 188 valence electrons. The van der Waals surface area contributed by atoms with Gasteiger partial charge < -0.3 is 18.9 Å². The molecule has 1 aliphatic heterocycles. The van der Waals surface area contributed by atoms with Crippen LogP contribution in [0.1, 0.15) is 18.4 Å². The third-order valence-electron chi connectivity index (χ3n) is 6.36. The molecule has 0 N–H and O–H groups in total. The van der Waals surface area contributed by atoms with Crippen LogP contribution in [0, 0.1) is 0 Å². The van der Waals surface area contributed by atoms with Gasteiger partial charge in [0.2, 0.25) is 0 Å². The number of ether oxygens (including phenoxy) is 4. The Morgan fingerprint density at radius 1 is 0.971 bits per heavy atom. The van der Waals surface area contributed by atoms with E-state index in [4.69, 9.17) is 42.1 Å². The summed E-state index contributed by atoms with van der Waals surface area (Å²) in [7, 11) is 3.42. The van der Waals surface area contributed by atoms with Crippen molar-refractivity contribution in [2.24, 2.45) is 0 Å². The lowest BCUT2D eigenvalue weighted by Gasteiger charge is -2.40. The van der Waals surface area contributed by atoms with Crippen molar-refractivity contribution in [1.29, 1.82) is 0 Å². The molecule has 3 aromatic rings. The summed E-state index contributed by atoms with van der Waals surface area (Å²) in [6.45, 7) is 4.31. The van der Waals surface area contributed by atoms with Crippen LogP contribution >= 0.6 is 23.2 Å². The van der Waals surface area contributed by atoms with Crippen LogP contribution in [0.3, 0.4) is 0 Å². The smallest absolute Gasteiger partial charge is 0.161 e. The van der Waals surface area contributed by atoms with E-state index in [2.05, 4.69) is 22.1 Å². The molecule has 9 heteroatoms. The van der Waals surface area contributed by atoms with E-state index in [1.54, 1.807) is 32.5 Å². The molecule has 35 heavy (non-hydrogen) atoms. The highest BCUT2D eigenvalue weighted by Gasteiger charge is 2.35. The molecule has 0 unspecified atom stereocenters. The number of piperidine rings is 1. The fourth-order valence-electron chi connectivity index (χ4n) is 4.18. The first kappa shape index (κ1) is 25.6. The van der Waals surface area contributed by atoms with Crippen LogP contribution in [0.4, 0.5) is 0 Å². The highest BCUT2D eigenvalue weighted by Crippen LogP contribution is 2.32. The second kappa shape index (κ2) is 12.0. The highest BCUT2D eigenvalue weighted by atomic mass is 35.5. The molecule has 0 amide bonds. The first-order valence-electron chi connectivity index (χ1n) is 11.6. The van der Waals surface area contributed by atoms with Crippen LogP contribution in [-0.4, -0.2) is 60.8 Å². The molecule has 0 saturated carbocycles. The van der Waals surface area contributed by atoms with Crippen molar-refractivity contribution in [1.82, 2.24) is 14.7 Å². The Morgan fingerprint density at radius 2 is 1.80 bits per heavy atom. The van der Waals surface area contributed by atoms with Crippen molar-refractivity contribution >= 4 is 23.2 Å². The molecular formula is C26H31Cl2N3O4. The predicted molar refractivity (Wildman–Crippen MR) is 137 cm³/mol. The minimum Gasteiger partial charge on any atom is -0.493 e. The zero-order valence-corrected chi connectivity index (χ0v) is 21.6. The Labute approximate surface area is 216 Å². The van der Waals surface area contributed by atoms with Crippen LogP contribution in [-0.2, 0) is 17.8 Å². The van der Waals surface area contributed by atoms with Gasteiger partial charge in [-0.2, -0.15) is 5.10 Å². The summed E-state index contributed by atoms with van der Waals surface area (Å²) in [5, 5.41) is 5.19. The van der Waals surface area contributed by atoms with Crippen LogP contribution < -0.4 is 14.2 Å². The molecule has 2 aromatic carbocycles. The number of methoxy groups -OCH3 is 2. The zero-order chi connectivity index (χ0) is 24.7. The van der Waals surface area contributed by atoms with Crippen molar-refractivity contribution in [2.75, 3.05) is 40.5 Å². The van der Waals surface area contributed by atoms with Crippen molar-refractivity contribution in [3.63, 3.8) is 0 Å². The molecule has 1 fully saturated rings. The number of nitrogens with zero attached hydrogens (tertiary/aromatic N) is 3. The average molecular weight is 520 g/mol. The monoisotopic (exact) mass is 519 g/mol. The fourth-order valence-corrected chi connectivity index (χ4v) is 4.47. The lowest BCUT2D eigenvalue weighted by atomic mass is 9.91. The van der Waals surface area contributed by atoms with Gasteiger partial charge in [-0.25, -0.2) is 0 Å². The molecule has 1 aliphatic rings. The second-order valence-electron chi connectivity index (χ2n) is 8.63. The van der Waals surface area contributed by atoms with E-state index < -0.39 is 0 Å². The predicted octanol–water partition coefficient (Wildman–Crippen LogP) is 5.34. The van der Waals surface area contributed by atoms with E-state index in [0.717, 1.165) is 44.0 Å². The number of rotatable bonds is 11. The van der Waals surface area contributed by atoms with Crippen molar-refractivity contribution in [3.8, 4) is 17.2 Å². The molecule has 7 nitrogen and oxygen atoms in total. The summed E-state index contributed by atoms with van der Waals surface area (Å²) in [5.41, 5.74) is 0.852. The fraction of sp³-hybridized carbons (Fsp3) is 0.423. The Morgan fingerprint density at radius 3 is 2.49 bits per heavy atom. The summed E-state index contributed by atoms with van der Waals surface area (Å²) in [6.07, 6.45) is 5.42. The maximum Gasteiger partial charge on any atom is 0.161 e. The van der Waals surface area contributed by atoms with Crippen LogP contribution in [0.25, 0.3) is 0 Å².